The van der Waals surface area contributed by atoms with E-state index in [0.29, 0.717) is 28.3 Å². The van der Waals surface area contributed by atoms with Crippen LogP contribution in [0.4, 0.5) is 10.1 Å². The lowest BCUT2D eigenvalue weighted by Gasteiger charge is -2.33. The number of benzene rings is 2. The van der Waals surface area contributed by atoms with Crippen LogP contribution in [0.15, 0.2) is 70.4 Å². The molecule has 162 valence electrons. The van der Waals surface area contributed by atoms with E-state index in [-0.39, 0.29) is 23.3 Å². The number of thioether (sulfide) groups is 1. The quantitative estimate of drug-likeness (QED) is 0.679. The molecule has 0 spiro atoms. The first kappa shape index (κ1) is 21.8. The van der Waals surface area contributed by atoms with Crippen molar-refractivity contribution in [3.05, 3.63) is 87.3 Å². The Bertz CT molecular complexity index is 1160. The summed E-state index contributed by atoms with van der Waals surface area (Å²) < 4.78 is 13.1. The van der Waals surface area contributed by atoms with Gasteiger partial charge in [-0.05, 0) is 49.6 Å². The molecule has 7 heteroatoms. The molecule has 32 heavy (non-hydrogen) atoms. The number of nitrogens with one attached hydrogen (secondary N) is 2. The number of ketones is 1. The number of anilines is 1. The highest BCUT2D eigenvalue weighted by Crippen LogP contribution is 2.44. The van der Waals surface area contributed by atoms with E-state index < -0.39 is 5.92 Å². The number of amides is 1. The maximum Gasteiger partial charge on any atom is 0.234 e. The lowest BCUT2D eigenvalue weighted by atomic mass is 9.77. The molecule has 1 aliphatic heterocycles. The van der Waals surface area contributed by atoms with E-state index in [2.05, 4.69) is 16.7 Å². The Labute approximate surface area is 190 Å². The normalized spacial score (nSPS) is 18.0. The molecule has 0 radical (unpaired) electrons. The minimum atomic E-state index is -0.438. The molecule has 0 fully saturated rings. The van der Waals surface area contributed by atoms with Crippen LogP contribution in [-0.4, -0.2) is 17.4 Å². The monoisotopic (exact) mass is 447 g/mol. The number of hydrogen-bond donors (Lipinski definition) is 2. The Kier molecular flexibility index (Phi) is 6.42. The molecule has 2 aliphatic rings. The number of hydrogen-bond acceptors (Lipinski definition) is 5. The zero-order valence-electron chi connectivity index (χ0n) is 17.6. The molecule has 0 unspecified atom stereocenters. The fraction of sp³-hybridized carbons (Fsp3) is 0.240. The molecule has 0 bridgehead atoms. The number of aryl methyl sites for hydroxylation is 1. The maximum absolute atomic E-state index is 13.1. The average molecular weight is 448 g/mol. The van der Waals surface area contributed by atoms with Gasteiger partial charge in [-0.2, -0.15) is 5.26 Å². The van der Waals surface area contributed by atoms with E-state index in [1.165, 1.54) is 36.0 Å². The van der Waals surface area contributed by atoms with Crippen molar-refractivity contribution in [1.29, 1.82) is 5.26 Å². The zero-order valence-corrected chi connectivity index (χ0v) is 18.4. The molecule has 1 atom stereocenters. The third-order valence-electron chi connectivity index (χ3n) is 5.55. The molecular weight excluding hydrogens is 425 g/mol. The Morgan fingerprint density at radius 1 is 1.19 bits per heavy atom. The SMILES string of the molecule is Cc1ccc([C@@H]2C(C#N)=C(SCC(=O)Nc3ccc(F)cc3)NC3=C2C(=O)CCC3)cc1. The fourth-order valence-corrected chi connectivity index (χ4v) is 4.86. The van der Waals surface area contributed by atoms with E-state index in [0.717, 1.165) is 29.7 Å². The van der Waals surface area contributed by atoms with Crippen LogP contribution in [0.3, 0.4) is 0 Å². The Morgan fingerprint density at radius 3 is 2.59 bits per heavy atom. The highest BCUT2D eigenvalue weighted by molar-refractivity contribution is 8.03. The van der Waals surface area contributed by atoms with Gasteiger partial charge in [-0.3, -0.25) is 9.59 Å². The second kappa shape index (κ2) is 9.41. The smallest absolute Gasteiger partial charge is 0.234 e. The van der Waals surface area contributed by atoms with Crippen LogP contribution in [0, 0.1) is 24.1 Å². The number of Topliss-reactive ketones (excluding diaryl/α,β-unsaturated/α-hetero) is 1. The van der Waals surface area contributed by atoms with E-state index >= 15 is 0 Å². The number of halogens is 1. The third kappa shape index (κ3) is 4.61. The first-order valence-electron chi connectivity index (χ1n) is 10.4. The van der Waals surface area contributed by atoms with Gasteiger partial charge < -0.3 is 10.6 Å². The van der Waals surface area contributed by atoms with Gasteiger partial charge in [-0.15, -0.1) is 0 Å². The second-order valence-corrected chi connectivity index (χ2v) is 8.82. The average Bonchev–Trinajstić information content (AvgIpc) is 2.79. The largest absolute Gasteiger partial charge is 0.352 e. The predicted octanol–water partition coefficient (Wildman–Crippen LogP) is 4.94. The highest BCUT2D eigenvalue weighted by atomic mass is 32.2. The molecule has 1 amide bonds. The molecule has 0 aromatic heterocycles. The lowest BCUT2D eigenvalue weighted by Crippen LogP contribution is -2.31. The van der Waals surface area contributed by atoms with Gasteiger partial charge in [-0.25, -0.2) is 4.39 Å². The topological polar surface area (TPSA) is 82.0 Å². The summed E-state index contributed by atoms with van der Waals surface area (Å²) in [5.74, 6) is -0.940. The van der Waals surface area contributed by atoms with Crippen LogP contribution in [0.1, 0.15) is 36.3 Å². The summed E-state index contributed by atoms with van der Waals surface area (Å²) in [6, 6.07) is 15.7. The van der Waals surface area contributed by atoms with Crippen molar-refractivity contribution < 1.29 is 14.0 Å². The van der Waals surface area contributed by atoms with Crippen LogP contribution in [0.25, 0.3) is 0 Å². The van der Waals surface area contributed by atoms with Gasteiger partial charge in [0.2, 0.25) is 5.91 Å². The number of carbonyl (C=O) groups is 2. The van der Waals surface area contributed by atoms with Crippen molar-refractivity contribution in [2.24, 2.45) is 0 Å². The lowest BCUT2D eigenvalue weighted by molar-refractivity contribution is -0.116. The molecule has 5 nitrogen and oxygen atoms in total. The van der Waals surface area contributed by atoms with Crippen LogP contribution in [0.2, 0.25) is 0 Å². The number of nitrogens with zero attached hydrogens (tertiary/aromatic N) is 1. The molecular formula is C25H22FN3O2S. The van der Waals surface area contributed by atoms with Gasteiger partial charge in [0.25, 0.3) is 0 Å². The molecule has 1 heterocycles. The van der Waals surface area contributed by atoms with Crippen LogP contribution in [0.5, 0.6) is 0 Å². The van der Waals surface area contributed by atoms with Crippen molar-refractivity contribution in [2.75, 3.05) is 11.1 Å². The standard InChI is InChI=1S/C25H22FN3O2S/c1-15-5-7-16(8-6-15)23-19(13-27)25(29-20-3-2-4-21(30)24(20)23)32-14-22(31)28-18-11-9-17(26)10-12-18/h5-12,23,29H,2-4,14H2,1H3,(H,28,31)/t23-/m1/s1. The van der Waals surface area contributed by atoms with Crippen molar-refractivity contribution in [3.8, 4) is 6.07 Å². The first-order valence-corrected chi connectivity index (χ1v) is 11.4. The van der Waals surface area contributed by atoms with E-state index in [9.17, 15) is 19.2 Å². The van der Waals surface area contributed by atoms with Crippen LogP contribution in [-0.2, 0) is 9.59 Å². The minimum absolute atomic E-state index is 0.0650. The van der Waals surface area contributed by atoms with E-state index in [1.807, 2.05) is 31.2 Å². The minimum Gasteiger partial charge on any atom is -0.352 e. The number of carbonyl (C=O) groups excluding carboxylic acids is 2. The van der Waals surface area contributed by atoms with E-state index in [1.54, 1.807) is 0 Å². The summed E-state index contributed by atoms with van der Waals surface area (Å²) in [4.78, 5) is 25.2. The summed E-state index contributed by atoms with van der Waals surface area (Å²) >= 11 is 1.23. The van der Waals surface area contributed by atoms with Crippen LogP contribution >= 0.6 is 11.8 Å². The van der Waals surface area contributed by atoms with Gasteiger partial charge in [-0.1, -0.05) is 41.6 Å². The van der Waals surface area contributed by atoms with Gasteiger partial charge in [0.1, 0.15) is 5.82 Å². The highest BCUT2D eigenvalue weighted by Gasteiger charge is 2.37. The summed E-state index contributed by atoms with van der Waals surface area (Å²) in [5.41, 5.74) is 4.45. The molecule has 0 saturated carbocycles. The zero-order chi connectivity index (χ0) is 22.7. The van der Waals surface area contributed by atoms with Crippen molar-refractivity contribution in [3.63, 3.8) is 0 Å². The second-order valence-electron chi connectivity index (χ2n) is 7.84. The number of dihydropyridines is 1. The summed E-state index contributed by atoms with van der Waals surface area (Å²) in [6.45, 7) is 1.99. The molecule has 2 aromatic rings. The first-order chi connectivity index (χ1) is 15.5. The fourth-order valence-electron chi connectivity index (χ4n) is 4.00. The number of rotatable bonds is 5. The summed E-state index contributed by atoms with van der Waals surface area (Å²) in [5, 5.41) is 16.6. The molecule has 2 aromatic carbocycles. The van der Waals surface area contributed by atoms with Gasteiger partial charge >= 0.3 is 0 Å². The molecule has 4 rings (SSSR count). The predicted molar refractivity (Wildman–Crippen MR) is 123 cm³/mol. The maximum atomic E-state index is 13.1. The summed E-state index contributed by atoms with van der Waals surface area (Å²) in [7, 11) is 0. The van der Waals surface area contributed by atoms with Gasteiger partial charge in [0.15, 0.2) is 5.78 Å². The van der Waals surface area contributed by atoms with Crippen molar-refractivity contribution in [1.82, 2.24) is 5.32 Å². The Balaban J connectivity index is 1.60. The van der Waals surface area contributed by atoms with Gasteiger partial charge in [0, 0.05) is 23.4 Å². The van der Waals surface area contributed by atoms with Crippen molar-refractivity contribution >= 4 is 29.1 Å². The molecule has 2 N–H and O–H groups in total. The van der Waals surface area contributed by atoms with Gasteiger partial charge in [0.05, 0.1) is 28.3 Å². The third-order valence-corrected chi connectivity index (χ3v) is 6.57. The van der Waals surface area contributed by atoms with Crippen molar-refractivity contribution in [2.45, 2.75) is 32.1 Å². The number of nitriles is 1. The molecule has 0 saturated heterocycles. The Hall–Kier alpha value is -3.37. The Morgan fingerprint density at radius 2 is 1.91 bits per heavy atom. The van der Waals surface area contributed by atoms with E-state index in [4.69, 9.17) is 0 Å². The number of allylic oxidation sites excluding steroid dienone is 3. The molecule has 1 aliphatic carbocycles. The summed E-state index contributed by atoms with van der Waals surface area (Å²) in [6.07, 6.45) is 1.97. The van der Waals surface area contributed by atoms with Crippen LogP contribution < -0.4 is 10.6 Å².